The van der Waals surface area contributed by atoms with Crippen molar-refractivity contribution in [3.05, 3.63) is 98.7 Å². The molecule has 1 amide bonds. The molecular weight excluding hydrogens is 518 g/mol. The van der Waals surface area contributed by atoms with Gasteiger partial charge in [0, 0.05) is 39.2 Å². The molecule has 0 aliphatic rings. The van der Waals surface area contributed by atoms with Crippen LogP contribution in [0.5, 0.6) is 0 Å². The van der Waals surface area contributed by atoms with Gasteiger partial charge in [0.05, 0.1) is 19.2 Å². The van der Waals surface area contributed by atoms with E-state index >= 15 is 4.39 Å². The number of carboxylic acid groups (broad SMARTS) is 1. The Morgan fingerprint density at radius 1 is 1.03 bits per heavy atom. The van der Waals surface area contributed by atoms with Crippen LogP contribution in [0, 0.1) is 0 Å². The molecule has 3 aromatic carbocycles. The van der Waals surface area contributed by atoms with Gasteiger partial charge in [-0.3, -0.25) is 4.79 Å². The number of aromatic amines is 1. The lowest BCUT2D eigenvalue weighted by atomic mass is 9.81. The third-order valence-corrected chi connectivity index (χ3v) is 9.29. The number of hydrogen-bond acceptors (Lipinski definition) is 2. The molecular formula is C27H25Cl2FN2O3Si. The Hall–Kier alpha value is -3.13. The standard InChI is InChI=1S/C27H25Cl2FN2O3Si/c1-36(2,3)22-12-11-17(25(31)33)20(23(22)29)13-27(30,15-7-9-16(28)10-8-15)21-14-32-24-18(21)5-4-6-19(24)26(34)35/h4-12,14,32H,13H2,1-3H3,(H2,31,33)(H,34,35). The fourth-order valence-electron chi connectivity index (χ4n) is 4.58. The number of benzene rings is 3. The Kier molecular flexibility index (Phi) is 6.77. The van der Waals surface area contributed by atoms with E-state index in [-0.39, 0.29) is 28.7 Å². The lowest BCUT2D eigenvalue weighted by Crippen LogP contribution is -2.40. The van der Waals surface area contributed by atoms with Crippen LogP contribution in [0.3, 0.4) is 0 Å². The van der Waals surface area contributed by atoms with E-state index in [9.17, 15) is 14.7 Å². The molecule has 186 valence electrons. The molecule has 4 N–H and O–H groups in total. The Morgan fingerprint density at radius 2 is 1.69 bits per heavy atom. The van der Waals surface area contributed by atoms with E-state index in [0.29, 0.717) is 26.5 Å². The zero-order valence-electron chi connectivity index (χ0n) is 20.0. The number of carbonyl (C=O) groups excluding carboxylic acids is 1. The number of fused-ring (bicyclic) bond motifs is 1. The second-order valence-corrected chi connectivity index (χ2v) is 15.6. The SMILES string of the molecule is C[Si](C)(C)c1ccc(C(N)=O)c(CC(F)(c2ccc(Cl)cc2)c2c[nH]c3c(C(=O)O)cccc23)c1Cl. The minimum Gasteiger partial charge on any atom is -0.478 e. The fourth-order valence-corrected chi connectivity index (χ4v) is 7.18. The van der Waals surface area contributed by atoms with Crippen molar-refractivity contribution in [3.63, 3.8) is 0 Å². The largest absolute Gasteiger partial charge is 0.478 e. The van der Waals surface area contributed by atoms with Gasteiger partial charge in [-0.15, -0.1) is 0 Å². The second kappa shape index (κ2) is 9.39. The number of aromatic nitrogens is 1. The normalized spacial score (nSPS) is 13.5. The van der Waals surface area contributed by atoms with Gasteiger partial charge >= 0.3 is 5.97 Å². The molecule has 0 spiro atoms. The second-order valence-electron chi connectivity index (χ2n) is 9.79. The quantitative estimate of drug-likeness (QED) is 0.240. The first-order chi connectivity index (χ1) is 16.8. The molecule has 0 fully saturated rings. The van der Waals surface area contributed by atoms with Crippen molar-refractivity contribution in [2.75, 3.05) is 0 Å². The fraction of sp³-hybridized carbons (Fsp3) is 0.185. The topological polar surface area (TPSA) is 96.2 Å². The van der Waals surface area contributed by atoms with Gasteiger partial charge in [0.2, 0.25) is 5.91 Å². The smallest absolute Gasteiger partial charge is 0.337 e. The highest BCUT2D eigenvalue weighted by molar-refractivity contribution is 6.90. The predicted molar refractivity (Wildman–Crippen MR) is 145 cm³/mol. The molecule has 1 unspecified atom stereocenters. The number of para-hydroxylation sites is 1. The van der Waals surface area contributed by atoms with Gasteiger partial charge in [0.25, 0.3) is 0 Å². The zero-order chi connectivity index (χ0) is 26.4. The van der Waals surface area contributed by atoms with Crippen LogP contribution in [0.1, 0.15) is 37.4 Å². The molecule has 4 rings (SSSR count). The molecule has 0 radical (unpaired) electrons. The first-order valence-corrected chi connectivity index (χ1v) is 15.5. The van der Waals surface area contributed by atoms with Crippen LogP contribution in [0.4, 0.5) is 4.39 Å². The lowest BCUT2D eigenvalue weighted by Gasteiger charge is -2.29. The van der Waals surface area contributed by atoms with Crippen molar-refractivity contribution < 1.29 is 19.1 Å². The molecule has 0 saturated carbocycles. The lowest BCUT2D eigenvalue weighted by molar-refractivity contribution is 0.0698. The summed E-state index contributed by atoms with van der Waals surface area (Å²) in [7, 11) is -1.95. The Balaban J connectivity index is 2.02. The summed E-state index contributed by atoms with van der Waals surface area (Å²) in [6, 6.07) is 14.4. The van der Waals surface area contributed by atoms with Crippen molar-refractivity contribution in [1.29, 1.82) is 0 Å². The molecule has 4 aromatic rings. The molecule has 0 bridgehead atoms. The molecule has 0 aliphatic carbocycles. The number of amides is 1. The van der Waals surface area contributed by atoms with Crippen LogP contribution in [0.2, 0.25) is 29.7 Å². The van der Waals surface area contributed by atoms with E-state index in [1.54, 1.807) is 48.5 Å². The zero-order valence-corrected chi connectivity index (χ0v) is 22.5. The van der Waals surface area contributed by atoms with Crippen LogP contribution in [-0.2, 0) is 12.1 Å². The van der Waals surface area contributed by atoms with Gasteiger partial charge in [0.15, 0.2) is 5.67 Å². The van der Waals surface area contributed by atoms with Gasteiger partial charge in [-0.2, -0.15) is 0 Å². The highest BCUT2D eigenvalue weighted by Crippen LogP contribution is 2.43. The summed E-state index contributed by atoms with van der Waals surface area (Å²) in [6.07, 6.45) is 1.17. The van der Waals surface area contributed by atoms with Gasteiger partial charge in [-0.1, -0.05) is 73.2 Å². The Labute approximate surface area is 219 Å². The predicted octanol–water partition coefficient (Wildman–Crippen LogP) is 6.27. The maximum Gasteiger partial charge on any atom is 0.337 e. The number of nitrogens with two attached hydrogens (primary N) is 1. The minimum absolute atomic E-state index is 0.0220. The monoisotopic (exact) mass is 542 g/mol. The molecule has 0 saturated heterocycles. The van der Waals surface area contributed by atoms with E-state index in [0.717, 1.165) is 5.19 Å². The first-order valence-electron chi connectivity index (χ1n) is 11.2. The van der Waals surface area contributed by atoms with Crippen molar-refractivity contribution in [2.24, 2.45) is 5.73 Å². The highest BCUT2D eigenvalue weighted by Gasteiger charge is 2.39. The maximum absolute atomic E-state index is 17.6. The van der Waals surface area contributed by atoms with Gasteiger partial charge < -0.3 is 15.8 Å². The van der Waals surface area contributed by atoms with Crippen molar-refractivity contribution in [1.82, 2.24) is 4.98 Å². The van der Waals surface area contributed by atoms with Crippen LogP contribution in [0.15, 0.2) is 60.8 Å². The molecule has 5 nitrogen and oxygen atoms in total. The summed E-state index contributed by atoms with van der Waals surface area (Å²) >= 11 is 13.0. The molecule has 1 aromatic heterocycles. The number of carboxylic acids is 1. The van der Waals surface area contributed by atoms with Crippen molar-refractivity contribution >= 4 is 59.2 Å². The third-order valence-electron chi connectivity index (χ3n) is 6.41. The third kappa shape index (κ3) is 4.54. The molecule has 36 heavy (non-hydrogen) atoms. The van der Waals surface area contributed by atoms with E-state index in [1.807, 2.05) is 0 Å². The van der Waals surface area contributed by atoms with Crippen LogP contribution < -0.4 is 10.9 Å². The van der Waals surface area contributed by atoms with Crippen molar-refractivity contribution in [2.45, 2.75) is 31.7 Å². The summed E-state index contributed by atoms with van der Waals surface area (Å²) in [5.41, 5.74) is 4.75. The van der Waals surface area contributed by atoms with E-state index < -0.39 is 25.6 Å². The number of rotatable bonds is 7. The van der Waals surface area contributed by atoms with Gasteiger partial charge in [0.1, 0.15) is 0 Å². The summed E-state index contributed by atoms with van der Waals surface area (Å²) in [5, 5.41) is 11.7. The average Bonchev–Trinajstić information content (AvgIpc) is 3.24. The van der Waals surface area contributed by atoms with Crippen LogP contribution in [0.25, 0.3) is 10.9 Å². The number of hydrogen-bond donors (Lipinski definition) is 3. The first kappa shape index (κ1) is 25.9. The number of primary amides is 1. The average molecular weight is 543 g/mol. The van der Waals surface area contributed by atoms with Crippen LogP contribution >= 0.6 is 23.2 Å². The number of nitrogens with one attached hydrogen (secondary N) is 1. The number of aromatic carboxylic acids is 1. The molecule has 0 aliphatic heterocycles. The van der Waals surface area contributed by atoms with Crippen LogP contribution in [-0.4, -0.2) is 30.0 Å². The Morgan fingerprint density at radius 3 is 2.28 bits per heavy atom. The molecule has 9 heteroatoms. The molecule has 1 heterocycles. The Bertz CT molecular complexity index is 1500. The van der Waals surface area contributed by atoms with E-state index in [4.69, 9.17) is 28.9 Å². The van der Waals surface area contributed by atoms with E-state index in [2.05, 4.69) is 24.6 Å². The summed E-state index contributed by atoms with van der Waals surface area (Å²) in [4.78, 5) is 27.1. The van der Waals surface area contributed by atoms with Crippen molar-refractivity contribution in [3.8, 4) is 0 Å². The summed E-state index contributed by atoms with van der Waals surface area (Å²) < 4.78 is 17.6. The number of halogens is 3. The number of carbonyl (C=O) groups is 2. The number of alkyl halides is 1. The number of H-pyrrole nitrogens is 1. The van der Waals surface area contributed by atoms with Gasteiger partial charge in [-0.05, 0) is 40.6 Å². The maximum atomic E-state index is 17.6. The summed E-state index contributed by atoms with van der Waals surface area (Å²) in [5.74, 6) is -1.84. The van der Waals surface area contributed by atoms with Gasteiger partial charge in [-0.25, -0.2) is 9.18 Å². The summed E-state index contributed by atoms with van der Waals surface area (Å²) in [6.45, 7) is 6.32. The molecule has 1 atom stereocenters. The van der Waals surface area contributed by atoms with E-state index in [1.165, 1.54) is 12.3 Å². The minimum atomic E-state index is -2.20. The highest BCUT2D eigenvalue weighted by atomic mass is 35.5.